The Balaban J connectivity index is 1.71. The average molecular weight is 530 g/mol. The minimum absolute atomic E-state index is 0.0181. The molecular formula is C27H20BrN3O4. The largest absolute Gasteiger partial charge is 0.508 e. The molecule has 0 atom stereocenters. The van der Waals surface area contributed by atoms with Crippen LogP contribution in [0.15, 0.2) is 80.5 Å². The molecule has 0 aliphatic carbocycles. The van der Waals surface area contributed by atoms with Crippen molar-refractivity contribution in [2.24, 2.45) is 0 Å². The number of nitrogens with zero attached hydrogens (tertiary/aromatic N) is 2. The van der Waals surface area contributed by atoms with Crippen molar-refractivity contribution in [2.45, 2.75) is 13.3 Å². The summed E-state index contributed by atoms with van der Waals surface area (Å²) in [4.78, 5) is 21.5. The van der Waals surface area contributed by atoms with E-state index in [1.54, 1.807) is 36.5 Å². The fraction of sp³-hybridized carbons (Fsp3) is 0.0741. The molecule has 3 aromatic carbocycles. The van der Waals surface area contributed by atoms with Crippen molar-refractivity contribution < 1.29 is 14.6 Å². The molecule has 0 amide bonds. The van der Waals surface area contributed by atoms with Crippen molar-refractivity contribution in [1.82, 2.24) is 9.97 Å². The van der Waals surface area contributed by atoms with Gasteiger partial charge in [-0.2, -0.15) is 0 Å². The molecule has 0 saturated carbocycles. The van der Waals surface area contributed by atoms with Crippen LogP contribution in [0.4, 0.5) is 5.95 Å². The standard InChI is InChI=1S/C27H20BrN3O4/c1-14-18-8-10-22(33)20(25(18)35-26(34)23(14)15-5-3-2-4-6-15)11-16-13-30-27(29)31-24(16)19-12-17(28)7-9-21(19)32/h2-10,12-13,32-33H,11H2,1H3,(H2,29,30,31). The number of aromatic hydroxyl groups is 2. The van der Waals surface area contributed by atoms with Crippen LogP contribution in [0, 0.1) is 6.92 Å². The lowest BCUT2D eigenvalue weighted by Crippen LogP contribution is -2.08. The van der Waals surface area contributed by atoms with Gasteiger partial charge in [0.15, 0.2) is 0 Å². The van der Waals surface area contributed by atoms with Gasteiger partial charge in [0.25, 0.3) is 0 Å². The minimum Gasteiger partial charge on any atom is -0.508 e. The summed E-state index contributed by atoms with van der Waals surface area (Å²) in [6.07, 6.45) is 1.68. The Hall–Kier alpha value is -4.17. The number of nitrogen functional groups attached to an aromatic ring is 1. The second-order valence-corrected chi connectivity index (χ2v) is 9.05. The summed E-state index contributed by atoms with van der Waals surface area (Å²) >= 11 is 3.41. The second kappa shape index (κ2) is 8.88. The topological polar surface area (TPSA) is 122 Å². The number of anilines is 1. The summed E-state index contributed by atoms with van der Waals surface area (Å²) in [6.45, 7) is 1.86. The van der Waals surface area contributed by atoms with Gasteiger partial charge in [-0.25, -0.2) is 14.8 Å². The molecule has 0 radical (unpaired) electrons. The zero-order chi connectivity index (χ0) is 24.7. The Morgan fingerprint density at radius 2 is 1.77 bits per heavy atom. The van der Waals surface area contributed by atoms with E-state index in [-0.39, 0.29) is 29.5 Å². The van der Waals surface area contributed by atoms with E-state index in [1.807, 2.05) is 37.3 Å². The van der Waals surface area contributed by atoms with E-state index in [0.29, 0.717) is 33.3 Å². The zero-order valence-corrected chi connectivity index (χ0v) is 20.2. The van der Waals surface area contributed by atoms with Crippen LogP contribution in [0.1, 0.15) is 16.7 Å². The summed E-state index contributed by atoms with van der Waals surface area (Å²) in [5.74, 6) is 0.0264. The van der Waals surface area contributed by atoms with Crippen molar-refractivity contribution in [2.75, 3.05) is 5.73 Å². The van der Waals surface area contributed by atoms with Gasteiger partial charge >= 0.3 is 5.63 Å². The number of aryl methyl sites for hydroxylation is 1. The Morgan fingerprint density at radius 1 is 1.03 bits per heavy atom. The maximum absolute atomic E-state index is 13.1. The molecule has 0 saturated heterocycles. The molecule has 0 unspecified atom stereocenters. The summed E-state index contributed by atoms with van der Waals surface area (Å²) in [6, 6.07) is 17.6. The number of halogens is 1. The quantitative estimate of drug-likeness (QED) is 0.260. The smallest absolute Gasteiger partial charge is 0.344 e. The molecule has 2 heterocycles. The molecule has 8 heteroatoms. The van der Waals surface area contributed by atoms with Crippen molar-refractivity contribution in [1.29, 1.82) is 0 Å². The number of benzene rings is 3. The Labute approximate surface area is 208 Å². The van der Waals surface area contributed by atoms with Crippen molar-refractivity contribution in [3.8, 4) is 33.9 Å². The predicted molar refractivity (Wildman–Crippen MR) is 138 cm³/mol. The zero-order valence-electron chi connectivity index (χ0n) is 18.6. The van der Waals surface area contributed by atoms with Gasteiger partial charge in [-0.05, 0) is 48.4 Å². The summed E-state index contributed by atoms with van der Waals surface area (Å²) in [5.41, 5.74) is 9.49. The number of aromatic nitrogens is 2. The molecule has 0 aliphatic rings. The van der Waals surface area contributed by atoms with Gasteiger partial charge in [-0.3, -0.25) is 0 Å². The number of phenolic OH excluding ortho intramolecular Hbond substituents is 2. The molecule has 5 rings (SSSR count). The molecule has 35 heavy (non-hydrogen) atoms. The van der Waals surface area contributed by atoms with Gasteiger partial charge in [-0.1, -0.05) is 46.3 Å². The first-order valence-electron chi connectivity index (χ1n) is 10.8. The van der Waals surface area contributed by atoms with Crippen LogP contribution in [-0.2, 0) is 6.42 Å². The number of hydrogen-bond acceptors (Lipinski definition) is 7. The van der Waals surface area contributed by atoms with E-state index >= 15 is 0 Å². The van der Waals surface area contributed by atoms with Crippen LogP contribution in [0.5, 0.6) is 11.5 Å². The normalized spacial score (nSPS) is 11.1. The third-order valence-electron chi connectivity index (χ3n) is 5.94. The summed E-state index contributed by atoms with van der Waals surface area (Å²) in [7, 11) is 0. The Bertz CT molecular complexity index is 1650. The van der Waals surface area contributed by atoms with Crippen LogP contribution in [-0.4, -0.2) is 20.2 Å². The highest BCUT2D eigenvalue weighted by atomic mass is 79.9. The van der Waals surface area contributed by atoms with Crippen molar-refractivity contribution in [3.63, 3.8) is 0 Å². The third kappa shape index (κ3) is 4.13. The van der Waals surface area contributed by atoms with Crippen LogP contribution in [0.2, 0.25) is 0 Å². The SMILES string of the molecule is Cc1c(-c2ccccc2)c(=O)oc2c(Cc3cnc(N)nc3-c3cc(Br)ccc3O)c(O)ccc12. The highest BCUT2D eigenvalue weighted by molar-refractivity contribution is 9.10. The van der Waals surface area contributed by atoms with Crippen LogP contribution < -0.4 is 11.4 Å². The van der Waals surface area contributed by atoms with Gasteiger partial charge in [0.05, 0.1) is 11.3 Å². The minimum atomic E-state index is -0.494. The lowest BCUT2D eigenvalue weighted by Gasteiger charge is -2.14. The number of phenols is 2. The van der Waals surface area contributed by atoms with Gasteiger partial charge in [0.1, 0.15) is 17.1 Å². The highest BCUT2D eigenvalue weighted by Crippen LogP contribution is 2.37. The maximum atomic E-state index is 13.1. The van der Waals surface area contributed by atoms with Crippen LogP contribution in [0.3, 0.4) is 0 Å². The Morgan fingerprint density at radius 3 is 2.54 bits per heavy atom. The van der Waals surface area contributed by atoms with E-state index in [1.165, 1.54) is 0 Å². The van der Waals surface area contributed by atoms with E-state index < -0.39 is 5.63 Å². The molecule has 0 bridgehead atoms. The fourth-order valence-corrected chi connectivity index (χ4v) is 4.60. The third-order valence-corrected chi connectivity index (χ3v) is 6.43. The summed E-state index contributed by atoms with van der Waals surface area (Å²) in [5, 5.41) is 22.0. The molecular weight excluding hydrogens is 510 g/mol. The van der Waals surface area contributed by atoms with E-state index in [4.69, 9.17) is 10.2 Å². The monoisotopic (exact) mass is 529 g/mol. The Kier molecular flexibility index (Phi) is 5.74. The first-order valence-corrected chi connectivity index (χ1v) is 11.6. The maximum Gasteiger partial charge on any atom is 0.344 e. The molecule has 0 spiro atoms. The number of nitrogens with two attached hydrogens (primary N) is 1. The predicted octanol–water partition coefficient (Wildman–Crippen LogP) is 5.57. The molecule has 0 aliphatic heterocycles. The fourth-order valence-electron chi connectivity index (χ4n) is 4.24. The van der Waals surface area contributed by atoms with E-state index in [2.05, 4.69) is 25.9 Å². The molecule has 5 aromatic rings. The second-order valence-electron chi connectivity index (χ2n) is 8.14. The van der Waals surface area contributed by atoms with E-state index in [9.17, 15) is 15.0 Å². The van der Waals surface area contributed by atoms with Crippen LogP contribution >= 0.6 is 15.9 Å². The van der Waals surface area contributed by atoms with Crippen molar-refractivity contribution in [3.05, 3.63) is 98.4 Å². The molecule has 174 valence electrons. The molecule has 7 nitrogen and oxygen atoms in total. The first kappa shape index (κ1) is 22.6. The lowest BCUT2D eigenvalue weighted by molar-refractivity contribution is 0.466. The number of fused-ring (bicyclic) bond motifs is 1. The van der Waals surface area contributed by atoms with Crippen molar-refractivity contribution >= 4 is 32.8 Å². The van der Waals surface area contributed by atoms with Gasteiger partial charge in [0.2, 0.25) is 5.95 Å². The van der Waals surface area contributed by atoms with E-state index in [0.717, 1.165) is 15.6 Å². The number of rotatable bonds is 4. The molecule has 2 aromatic heterocycles. The summed E-state index contributed by atoms with van der Waals surface area (Å²) < 4.78 is 6.53. The molecule has 0 fully saturated rings. The van der Waals surface area contributed by atoms with Gasteiger partial charge in [-0.15, -0.1) is 0 Å². The lowest BCUT2D eigenvalue weighted by atomic mass is 9.95. The number of hydrogen-bond donors (Lipinski definition) is 3. The average Bonchev–Trinajstić information content (AvgIpc) is 2.84. The highest BCUT2D eigenvalue weighted by Gasteiger charge is 2.20. The molecule has 4 N–H and O–H groups in total. The first-order chi connectivity index (χ1) is 16.8. The van der Waals surface area contributed by atoms with Gasteiger partial charge in [0, 0.05) is 39.2 Å². The van der Waals surface area contributed by atoms with Gasteiger partial charge < -0.3 is 20.4 Å². The van der Waals surface area contributed by atoms with Crippen LogP contribution in [0.25, 0.3) is 33.4 Å².